The van der Waals surface area contributed by atoms with Crippen molar-refractivity contribution >= 4 is 39.6 Å². The fourth-order valence-corrected chi connectivity index (χ4v) is 4.16. The van der Waals surface area contributed by atoms with Crippen LogP contribution in [0.5, 0.6) is 0 Å². The zero-order valence-corrected chi connectivity index (χ0v) is 16.5. The van der Waals surface area contributed by atoms with Gasteiger partial charge in [-0.3, -0.25) is 9.59 Å². The topological polar surface area (TPSA) is 92.5 Å². The number of carbonyl (C=O) groups is 2. The highest BCUT2D eigenvalue weighted by molar-refractivity contribution is 7.16. The minimum Gasteiger partial charge on any atom is -0.348 e. The van der Waals surface area contributed by atoms with Gasteiger partial charge in [-0.05, 0) is 12.8 Å². The van der Waals surface area contributed by atoms with Gasteiger partial charge in [-0.2, -0.15) is 13.9 Å². The van der Waals surface area contributed by atoms with Gasteiger partial charge in [0.25, 0.3) is 11.8 Å². The van der Waals surface area contributed by atoms with E-state index < -0.39 is 12.3 Å². The smallest absolute Gasteiger partial charge is 0.315 e. The summed E-state index contributed by atoms with van der Waals surface area (Å²) in [7, 11) is 0. The molecule has 1 N–H and O–H groups in total. The van der Waals surface area contributed by atoms with Gasteiger partial charge in [-0.15, -0.1) is 11.3 Å². The number of piperidine rings is 1. The number of thiazole rings is 1. The van der Waals surface area contributed by atoms with Crippen LogP contribution >= 0.6 is 22.9 Å². The van der Waals surface area contributed by atoms with Gasteiger partial charge < -0.3 is 10.2 Å². The van der Waals surface area contributed by atoms with Crippen LogP contribution in [-0.4, -0.2) is 61.9 Å². The second-order valence-corrected chi connectivity index (χ2v) is 7.77. The highest BCUT2D eigenvalue weighted by Gasteiger charge is 2.28. The van der Waals surface area contributed by atoms with Gasteiger partial charge in [-0.1, -0.05) is 11.6 Å². The lowest BCUT2D eigenvalue weighted by Crippen LogP contribution is -2.48. The summed E-state index contributed by atoms with van der Waals surface area (Å²) in [4.78, 5) is 35.0. The molecule has 1 saturated heterocycles. The molecule has 2 amide bonds. The van der Waals surface area contributed by atoms with Crippen LogP contribution in [0.15, 0.2) is 23.8 Å². The molecule has 4 rings (SSSR count). The van der Waals surface area contributed by atoms with Crippen molar-refractivity contribution in [3.8, 4) is 11.4 Å². The van der Waals surface area contributed by atoms with E-state index in [1.807, 2.05) is 5.38 Å². The third-order valence-electron chi connectivity index (χ3n) is 4.61. The molecule has 152 valence electrons. The first-order valence-electron chi connectivity index (χ1n) is 8.76. The molecule has 0 spiro atoms. The largest absolute Gasteiger partial charge is 0.348 e. The Kier molecular flexibility index (Phi) is 5.41. The van der Waals surface area contributed by atoms with E-state index in [1.165, 1.54) is 17.4 Å². The first-order valence-corrected chi connectivity index (χ1v) is 10.0. The monoisotopic (exact) mass is 440 g/mol. The number of nitrogens with one attached hydrogen (secondary N) is 1. The highest BCUT2D eigenvalue weighted by Crippen LogP contribution is 2.26. The van der Waals surface area contributed by atoms with Gasteiger partial charge in [0, 0.05) is 36.8 Å². The number of fused-ring (bicyclic) bond motifs is 1. The van der Waals surface area contributed by atoms with E-state index in [0.717, 1.165) is 4.83 Å². The Bertz CT molecular complexity index is 1060. The van der Waals surface area contributed by atoms with E-state index >= 15 is 0 Å². The molecule has 0 bridgehead atoms. The summed E-state index contributed by atoms with van der Waals surface area (Å²) < 4.78 is 26.4. The van der Waals surface area contributed by atoms with E-state index in [4.69, 9.17) is 11.6 Å². The van der Waals surface area contributed by atoms with E-state index in [9.17, 15) is 18.4 Å². The number of amides is 2. The van der Waals surface area contributed by atoms with Crippen molar-refractivity contribution in [2.75, 3.05) is 13.1 Å². The zero-order chi connectivity index (χ0) is 20.5. The Hall–Kier alpha value is -2.66. The molecule has 12 heteroatoms. The molecule has 0 aromatic carbocycles. The fraction of sp³-hybridized carbons (Fsp3) is 0.353. The number of hydrogen-bond acceptors (Lipinski definition) is 6. The van der Waals surface area contributed by atoms with Crippen LogP contribution in [0.2, 0.25) is 5.15 Å². The van der Waals surface area contributed by atoms with Crippen molar-refractivity contribution in [1.82, 2.24) is 29.8 Å². The van der Waals surface area contributed by atoms with Crippen molar-refractivity contribution in [2.24, 2.45) is 0 Å². The van der Waals surface area contributed by atoms with Crippen molar-refractivity contribution in [2.45, 2.75) is 25.3 Å². The predicted molar refractivity (Wildman–Crippen MR) is 102 cm³/mol. The van der Waals surface area contributed by atoms with Crippen molar-refractivity contribution in [3.05, 3.63) is 34.7 Å². The molecular formula is C17H15ClF2N6O2S. The molecule has 0 atom stereocenters. The van der Waals surface area contributed by atoms with Crippen molar-refractivity contribution < 1.29 is 18.4 Å². The van der Waals surface area contributed by atoms with Crippen molar-refractivity contribution in [3.63, 3.8) is 0 Å². The Labute approximate surface area is 172 Å². The number of aromatic nitrogens is 4. The van der Waals surface area contributed by atoms with Crippen LogP contribution in [0, 0.1) is 0 Å². The molecule has 3 aromatic heterocycles. The quantitative estimate of drug-likeness (QED) is 0.629. The molecule has 0 unspecified atom stereocenters. The molecule has 3 aromatic rings. The molecule has 4 heterocycles. The van der Waals surface area contributed by atoms with Gasteiger partial charge in [0.1, 0.15) is 15.7 Å². The van der Waals surface area contributed by atoms with Crippen molar-refractivity contribution in [1.29, 1.82) is 0 Å². The standard InChI is InChI=1S/C17H15ClF2N6O2S/c18-12-7-11(23-14(24-12)10-8-21-26-5-6-29-17(10)26)16(28)25-3-1-9(2-4-25)22-15(27)13(19)20/h5-9,13H,1-4H2,(H,22,27). The lowest BCUT2D eigenvalue weighted by molar-refractivity contribution is -0.132. The molecule has 0 radical (unpaired) electrons. The molecule has 0 aliphatic carbocycles. The minimum absolute atomic E-state index is 0.133. The number of nitrogens with zero attached hydrogens (tertiary/aromatic N) is 5. The number of carbonyl (C=O) groups excluding carboxylic acids is 2. The Balaban J connectivity index is 1.49. The number of alkyl halides is 2. The molecular weight excluding hydrogens is 426 g/mol. The number of likely N-dealkylation sites (tertiary alicyclic amines) is 1. The Morgan fingerprint density at radius 3 is 2.76 bits per heavy atom. The van der Waals surface area contributed by atoms with Gasteiger partial charge in [0.2, 0.25) is 0 Å². The second kappa shape index (κ2) is 7.99. The van der Waals surface area contributed by atoms with Gasteiger partial charge >= 0.3 is 6.43 Å². The Morgan fingerprint density at radius 1 is 1.28 bits per heavy atom. The number of rotatable bonds is 4. The van der Waals surface area contributed by atoms with Gasteiger partial charge in [0.05, 0.1) is 11.8 Å². The van der Waals surface area contributed by atoms with Gasteiger partial charge in [-0.25, -0.2) is 14.5 Å². The maximum absolute atomic E-state index is 12.9. The van der Waals surface area contributed by atoms with Crippen LogP contribution in [0.4, 0.5) is 8.78 Å². The van der Waals surface area contributed by atoms with Gasteiger partial charge in [0.15, 0.2) is 5.82 Å². The zero-order valence-electron chi connectivity index (χ0n) is 14.9. The second-order valence-electron chi connectivity index (χ2n) is 6.49. The van der Waals surface area contributed by atoms with Crippen LogP contribution in [0.25, 0.3) is 16.2 Å². The van der Waals surface area contributed by atoms with Crippen LogP contribution in [0.3, 0.4) is 0 Å². The maximum Gasteiger partial charge on any atom is 0.315 e. The summed E-state index contributed by atoms with van der Waals surface area (Å²) in [6, 6.07) is 1.01. The van der Waals surface area contributed by atoms with Crippen LogP contribution < -0.4 is 5.32 Å². The average molecular weight is 441 g/mol. The third-order valence-corrected chi connectivity index (χ3v) is 5.69. The number of hydrogen-bond donors (Lipinski definition) is 1. The van der Waals surface area contributed by atoms with E-state index in [2.05, 4.69) is 20.4 Å². The fourth-order valence-electron chi connectivity index (χ4n) is 3.18. The minimum atomic E-state index is -3.05. The SMILES string of the molecule is O=C(NC1CCN(C(=O)c2cc(Cl)nc(-c3cnn4ccsc34)n2)CC1)C(F)F. The molecule has 1 aliphatic rings. The molecule has 29 heavy (non-hydrogen) atoms. The summed E-state index contributed by atoms with van der Waals surface area (Å²) in [5, 5.41) is 8.51. The van der Waals surface area contributed by atoms with E-state index in [-0.39, 0.29) is 22.8 Å². The summed E-state index contributed by atoms with van der Waals surface area (Å²) >= 11 is 7.59. The maximum atomic E-state index is 12.9. The molecule has 1 aliphatic heterocycles. The molecule has 0 saturated carbocycles. The summed E-state index contributed by atoms with van der Waals surface area (Å²) in [5.74, 6) is -1.32. The Morgan fingerprint density at radius 2 is 2.03 bits per heavy atom. The summed E-state index contributed by atoms with van der Waals surface area (Å²) in [6.07, 6.45) is 1.14. The lowest BCUT2D eigenvalue weighted by Gasteiger charge is -2.32. The molecule has 1 fully saturated rings. The summed E-state index contributed by atoms with van der Waals surface area (Å²) in [5.41, 5.74) is 0.816. The lowest BCUT2D eigenvalue weighted by atomic mass is 10.0. The van der Waals surface area contributed by atoms with E-state index in [1.54, 1.807) is 21.8 Å². The van der Waals surface area contributed by atoms with Crippen LogP contribution in [0.1, 0.15) is 23.3 Å². The van der Waals surface area contributed by atoms with Crippen LogP contribution in [-0.2, 0) is 4.79 Å². The first kappa shape index (κ1) is 19.6. The first-order chi connectivity index (χ1) is 13.9. The normalized spacial score (nSPS) is 15.2. The third kappa shape index (κ3) is 4.06. The number of halogens is 3. The summed E-state index contributed by atoms with van der Waals surface area (Å²) in [6.45, 7) is 0.625. The average Bonchev–Trinajstić information content (AvgIpc) is 3.31. The van der Waals surface area contributed by atoms with E-state index in [0.29, 0.717) is 37.3 Å². The predicted octanol–water partition coefficient (Wildman–Crippen LogP) is 2.49. The molecule has 8 nitrogen and oxygen atoms in total. The highest BCUT2D eigenvalue weighted by atomic mass is 35.5.